The van der Waals surface area contributed by atoms with Crippen LogP contribution in [0.2, 0.25) is 0 Å². The number of halogens is 4. The van der Waals surface area contributed by atoms with Crippen molar-refractivity contribution >= 4 is 28.1 Å². The highest BCUT2D eigenvalue weighted by molar-refractivity contribution is 9.10. The van der Waals surface area contributed by atoms with Gasteiger partial charge in [0.1, 0.15) is 6.29 Å². The fourth-order valence-corrected chi connectivity index (χ4v) is 4.79. The summed E-state index contributed by atoms with van der Waals surface area (Å²) in [4.78, 5) is 27.8. The molecule has 1 aromatic carbocycles. The molecule has 5 nitrogen and oxygen atoms in total. The van der Waals surface area contributed by atoms with E-state index in [4.69, 9.17) is 0 Å². The molecule has 0 unspecified atom stereocenters. The molecule has 0 spiro atoms. The van der Waals surface area contributed by atoms with Gasteiger partial charge in [0.2, 0.25) is 5.91 Å². The van der Waals surface area contributed by atoms with Crippen LogP contribution in [-0.2, 0) is 10.2 Å². The summed E-state index contributed by atoms with van der Waals surface area (Å²) in [6.07, 6.45) is -0.748. The number of carbonyl (C=O) groups is 2. The molecule has 9 heteroatoms. The van der Waals surface area contributed by atoms with Gasteiger partial charge in [0.05, 0.1) is 13.0 Å². The molecule has 1 saturated carbocycles. The molecule has 1 aliphatic carbocycles. The van der Waals surface area contributed by atoms with Gasteiger partial charge < -0.3 is 10.2 Å². The summed E-state index contributed by atoms with van der Waals surface area (Å²) < 4.78 is 38.0. The lowest BCUT2D eigenvalue weighted by molar-refractivity contribution is -0.138. The van der Waals surface area contributed by atoms with Crippen LogP contribution in [0.3, 0.4) is 0 Å². The Kier molecular flexibility index (Phi) is 7.81. The predicted octanol–water partition coefficient (Wildman–Crippen LogP) is 3.76. The average Bonchev–Trinajstić information content (AvgIpc) is 3.47. The summed E-state index contributed by atoms with van der Waals surface area (Å²) in [6.45, 7) is 2.09. The number of carbonyl (C=O) groups excluding carboxylic acids is 2. The van der Waals surface area contributed by atoms with Crippen molar-refractivity contribution in [3.8, 4) is 0 Å². The van der Waals surface area contributed by atoms with Crippen LogP contribution in [0.1, 0.15) is 48.0 Å². The fraction of sp³-hybridized carbons (Fsp3) is 0.636. The summed E-state index contributed by atoms with van der Waals surface area (Å²) in [6, 6.07) is 5.68. The predicted molar refractivity (Wildman–Crippen MR) is 116 cm³/mol. The lowest BCUT2D eigenvalue weighted by Gasteiger charge is -2.33. The standard InChI is InChI=1S/C22H29BrF3N3O2/c1-28(15-21(6-7-21)19-12-17(23)3-2-16(19)14-30)13-20(31)27-18-4-9-29(10-5-18)11-8-22(24,25)26/h2-3,12,14,18H,4-11,13,15H2,1H3,(H,27,31). The highest BCUT2D eigenvalue weighted by atomic mass is 79.9. The Morgan fingerprint density at radius 1 is 1.32 bits per heavy atom. The fourth-order valence-electron chi connectivity index (χ4n) is 4.43. The van der Waals surface area contributed by atoms with Crippen molar-refractivity contribution in [3.05, 3.63) is 33.8 Å². The molecule has 0 radical (unpaired) electrons. The van der Waals surface area contributed by atoms with E-state index in [1.165, 1.54) is 0 Å². The number of amides is 1. The van der Waals surface area contributed by atoms with E-state index < -0.39 is 12.6 Å². The smallest absolute Gasteiger partial charge is 0.352 e. The van der Waals surface area contributed by atoms with Crippen LogP contribution in [0.5, 0.6) is 0 Å². The Labute approximate surface area is 189 Å². The van der Waals surface area contributed by atoms with E-state index in [1.807, 2.05) is 35.0 Å². The van der Waals surface area contributed by atoms with E-state index in [-0.39, 0.29) is 30.5 Å². The average molecular weight is 504 g/mol. The van der Waals surface area contributed by atoms with Gasteiger partial charge in [0, 0.05) is 47.7 Å². The minimum absolute atomic E-state index is 0.00432. The molecule has 31 heavy (non-hydrogen) atoms. The van der Waals surface area contributed by atoms with Crippen molar-refractivity contribution in [1.82, 2.24) is 15.1 Å². The number of hydrogen-bond acceptors (Lipinski definition) is 4. The largest absolute Gasteiger partial charge is 0.390 e. The normalized spacial score (nSPS) is 19.4. The van der Waals surface area contributed by atoms with Crippen molar-refractivity contribution in [2.45, 2.75) is 49.7 Å². The molecule has 0 bridgehead atoms. The first-order valence-electron chi connectivity index (χ1n) is 10.6. The quantitative estimate of drug-likeness (QED) is 0.521. The van der Waals surface area contributed by atoms with Gasteiger partial charge in [0.25, 0.3) is 0 Å². The van der Waals surface area contributed by atoms with Gasteiger partial charge >= 0.3 is 6.18 Å². The van der Waals surface area contributed by atoms with Crippen molar-refractivity contribution < 1.29 is 22.8 Å². The Bertz CT molecular complexity index is 791. The second-order valence-corrected chi connectivity index (χ2v) is 9.77. The Hall–Kier alpha value is -1.45. The molecule has 1 saturated heterocycles. The summed E-state index contributed by atoms with van der Waals surface area (Å²) in [5.74, 6) is -0.0723. The maximum absolute atomic E-state index is 12.5. The van der Waals surface area contributed by atoms with Gasteiger partial charge in [-0.2, -0.15) is 13.2 Å². The molecule has 172 valence electrons. The molecule has 1 aromatic rings. The molecular formula is C22H29BrF3N3O2. The van der Waals surface area contributed by atoms with Crippen molar-refractivity contribution in [3.63, 3.8) is 0 Å². The van der Waals surface area contributed by atoms with Crippen LogP contribution in [0, 0.1) is 0 Å². The van der Waals surface area contributed by atoms with Crippen LogP contribution >= 0.6 is 15.9 Å². The number of aldehydes is 1. The zero-order valence-corrected chi connectivity index (χ0v) is 19.3. The van der Waals surface area contributed by atoms with Crippen LogP contribution in [0.25, 0.3) is 0 Å². The first kappa shape index (κ1) is 24.2. The first-order chi connectivity index (χ1) is 14.6. The monoisotopic (exact) mass is 503 g/mol. The van der Waals surface area contributed by atoms with Crippen LogP contribution < -0.4 is 5.32 Å². The molecule has 0 atom stereocenters. The summed E-state index contributed by atoms with van der Waals surface area (Å²) >= 11 is 3.48. The highest BCUT2D eigenvalue weighted by Crippen LogP contribution is 2.50. The minimum atomic E-state index is -4.13. The molecule has 1 heterocycles. The van der Waals surface area contributed by atoms with E-state index in [2.05, 4.69) is 21.2 Å². The molecule has 1 amide bonds. The van der Waals surface area contributed by atoms with Gasteiger partial charge in [-0.25, -0.2) is 0 Å². The molecule has 2 fully saturated rings. The molecular weight excluding hydrogens is 475 g/mol. The summed E-state index contributed by atoms with van der Waals surface area (Å²) in [5.41, 5.74) is 1.62. The van der Waals surface area contributed by atoms with Gasteiger partial charge in [-0.05, 0) is 50.4 Å². The molecule has 3 rings (SSSR count). The number of nitrogens with zero attached hydrogens (tertiary/aromatic N) is 2. The molecule has 2 aliphatic rings. The minimum Gasteiger partial charge on any atom is -0.352 e. The zero-order valence-electron chi connectivity index (χ0n) is 17.7. The Morgan fingerprint density at radius 2 is 2.00 bits per heavy atom. The lowest BCUT2D eigenvalue weighted by Crippen LogP contribution is -2.48. The summed E-state index contributed by atoms with van der Waals surface area (Å²) in [5, 5.41) is 3.03. The van der Waals surface area contributed by atoms with Crippen LogP contribution in [0.4, 0.5) is 13.2 Å². The number of benzene rings is 1. The SMILES string of the molecule is CN(CC(=O)NC1CCN(CCC(F)(F)F)CC1)CC1(c2cc(Br)ccc2C=O)CC1. The number of alkyl halides is 3. The topological polar surface area (TPSA) is 52.7 Å². The third kappa shape index (κ3) is 7.02. The molecule has 0 aromatic heterocycles. The van der Waals surface area contributed by atoms with Crippen LogP contribution in [0.15, 0.2) is 22.7 Å². The van der Waals surface area contributed by atoms with Gasteiger partial charge in [0.15, 0.2) is 0 Å². The maximum atomic E-state index is 12.5. The number of nitrogens with one attached hydrogen (secondary N) is 1. The number of likely N-dealkylation sites (N-methyl/N-ethyl adjacent to an activating group) is 1. The van der Waals surface area contributed by atoms with E-state index in [1.54, 1.807) is 0 Å². The molecule has 1 aliphatic heterocycles. The second-order valence-electron chi connectivity index (χ2n) is 8.85. The van der Waals surface area contributed by atoms with E-state index in [0.29, 0.717) is 38.0 Å². The number of piperidine rings is 1. The summed E-state index contributed by atoms with van der Waals surface area (Å²) in [7, 11) is 1.90. The third-order valence-electron chi connectivity index (χ3n) is 6.22. The Balaban J connectivity index is 1.44. The van der Waals surface area contributed by atoms with E-state index >= 15 is 0 Å². The lowest BCUT2D eigenvalue weighted by atomic mass is 9.91. The van der Waals surface area contributed by atoms with Crippen LogP contribution in [-0.4, -0.2) is 74.0 Å². The number of hydrogen-bond donors (Lipinski definition) is 1. The number of likely N-dealkylation sites (tertiary alicyclic amines) is 1. The number of rotatable bonds is 9. The van der Waals surface area contributed by atoms with E-state index in [9.17, 15) is 22.8 Å². The van der Waals surface area contributed by atoms with Gasteiger partial charge in [-0.3, -0.25) is 14.5 Å². The van der Waals surface area contributed by atoms with Crippen molar-refractivity contribution in [2.24, 2.45) is 0 Å². The van der Waals surface area contributed by atoms with Crippen molar-refractivity contribution in [1.29, 1.82) is 0 Å². The maximum Gasteiger partial charge on any atom is 0.390 e. The van der Waals surface area contributed by atoms with Crippen molar-refractivity contribution in [2.75, 3.05) is 39.8 Å². The second kappa shape index (κ2) is 10.0. The Morgan fingerprint density at radius 3 is 2.58 bits per heavy atom. The highest BCUT2D eigenvalue weighted by Gasteiger charge is 2.46. The molecule has 1 N–H and O–H groups in total. The first-order valence-corrected chi connectivity index (χ1v) is 11.4. The third-order valence-corrected chi connectivity index (χ3v) is 6.71. The van der Waals surface area contributed by atoms with Gasteiger partial charge in [-0.15, -0.1) is 0 Å². The van der Waals surface area contributed by atoms with E-state index in [0.717, 1.165) is 29.2 Å². The van der Waals surface area contributed by atoms with Gasteiger partial charge in [-0.1, -0.05) is 22.0 Å². The zero-order chi connectivity index (χ0) is 22.6.